The zero-order chi connectivity index (χ0) is 13.2. The molecule has 0 N–H and O–H groups in total. The van der Waals surface area contributed by atoms with Gasteiger partial charge in [0.1, 0.15) is 5.82 Å². The van der Waals surface area contributed by atoms with Crippen LogP contribution in [0.15, 0.2) is 41.5 Å². The number of halogens is 1. The summed E-state index contributed by atoms with van der Waals surface area (Å²) in [5, 5.41) is 0. The highest BCUT2D eigenvalue weighted by atomic mass is 19.1. The average Bonchev–Trinajstić information content (AvgIpc) is 3.25. The van der Waals surface area contributed by atoms with E-state index in [2.05, 4.69) is 4.99 Å². The molecule has 1 amide bonds. The van der Waals surface area contributed by atoms with E-state index in [-0.39, 0.29) is 17.8 Å². The number of benzene rings is 1. The van der Waals surface area contributed by atoms with Crippen LogP contribution in [0.3, 0.4) is 0 Å². The highest BCUT2D eigenvalue weighted by Gasteiger charge is 2.38. The molecule has 1 aliphatic heterocycles. The first-order valence-corrected chi connectivity index (χ1v) is 6.18. The molecule has 0 saturated heterocycles. The lowest BCUT2D eigenvalue weighted by Gasteiger charge is -2.29. The van der Waals surface area contributed by atoms with Gasteiger partial charge in [0.05, 0.1) is 0 Å². The van der Waals surface area contributed by atoms with Crippen molar-refractivity contribution < 1.29 is 13.9 Å². The fourth-order valence-corrected chi connectivity index (χ4v) is 2.04. The zero-order valence-corrected chi connectivity index (χ0v) is 10.2. The molecule has 0 bridgehead atoms. The Kier molecular flexibility index (Phi) is 3.03. The summed E-state index contributed by atoms with van der Waals surface area (Å²) < 4.78 is 18.3. The molecule has 0 aromatic heterocycles. The number of carbonyl (C=O) groups is 1. The predicted octanol–water partition coefficient (Wildman–Crippen LogP) is 2.33. The lowest BCUT2D eigenvalue weighted by molar-refractivity contribution is 0.0337. The Bertz CT molecular complexity index is 535. The van der Waals surface area contributed by atoms with E-state index in [1.807, 2.05) is 0 Å². The Balaban J connectivity index is 1.83. The predicted molar refractivity (Wildman–Crippen MR) is 68.1 cm³/mol. The molecule has 0 spiro atoms. The SMILES string of the molecule is O=C(c1ccc(F)cc1)N(C1CC1)C1C=CN=CO1. The fourth-order valence-electron chi connectivity index (χ4n) is 2.04. The lowest BCUT2D eigenvalue weighted by Crippen LogP contribution is -2.43. The van der Waals surface area contributed by atoms with Gasteiger partial charge in [0.2, 0.25) is 0 Å². The van der Waals surface area contributed by atoms with Crippen LogP contribution < -0.4 is 0 Å². The molecule has 1 aromatic rings. The molecule has 3 rings (SSSR count). The molecule has 2 aliphatic rings. The second-order valence-corrected chi connectivity index (χ2v) is 4.57. The minimum Gasteiger partial charge on any atom is -0.456 e. The van der Waals surface area contributed by atoms with Gasteiger partial charge in [-0.3, -0.25) is 9.69 Å². The number of hydrogen-bond acceptors (Lipinski definition) is 3. The van der Waals surface area contributed by atoms with Crippen LogP contribution in [0.4, 0.5) is 4.39 Å². The molecule has 0 radical (unpaired) electrons. The van der Waals surface area contributed by atoms with Crippen LogP contribution in [0.25, 0.3) is 0 Å². The summed E-state index contributed by atoms with van der Waals surface area (Å²) in [5.41, 5.74) is 0.466. The number of ether oxygens (including phenoxy) is 1. The Morgan fingerprint density at radius 1 is 1.32 bits per heavy atom. The quantitative estimate of drug-likeness (QED) is 0.837. The first-order valence-electron chi connectivity index (χ1n) is 6.18. The van der Waals surface area contributed by atoms with Gasteiger partial charge in [0.15, 0.2) is 12.6 Å². The van der Waals surface area contributed by atoms with Crippen molar-refractivity contribution in [3.8, 4) is 0 Å². The van der Waals surface area contributed by atoms with E-state index in [1.54, 1.807) is 17.2 Å². The van der Waals surface area contributed by atoms with Crippen molar-refractivity contribution in [1.29, 1.82) is 0 Å². The van der Waals surface area contributed by atoms with Crippen LogP contribution in [-0.4, -0.2) is 29.5 Å². The van der Waals surface area contributed by atoms with Crippen molar-refractivity contribution in [3.63, 3.8) is 0 Å². The first kappa shape index (κ1) is 11.9. The fraction of sp³-hybridized carbons (Fsp3) is 0.286. The molecular weight excluding hydrogens is 247 g/mol. The van der Waals surface area contributed by atoms with E-state index in [4.69, 9.17) is 4.74 Å². The molecule has 98 valence electrons. The van der Waals surface area contributed by atoms with Gasteiger partial charge >= 0.3 is 0 Å². The largest absolute Gasteiger partial charge is 0.456 e. The van der Waals surface area contributed by atoms with Crippen molar-refractivity contribution in [1.82, 2.24) is 4.90 Å². The van der Waals surface area contributed by atoms with Gasteiger partial charge in [0.25, 0.3) is 5.91 Å². The highest BCUT2D eigenvalue weighted by Crippen LogP contribution is 2.31. The number of hydrogen-bond donors (Lipinski definition) is 0. The summed E-state index contributed by atoms with van der Waals surface area (Å²) in [7, 11) is 0. The molecule has 1 aliphatic carbocycles. The van der Waals surface area contributed by atoms with Crippen molar-refractivity contribution >= 4 is 12.3 Å². The molecule has 5 heteroatoms. The van der Waals surface area contributed by atoms with Gasteiger partial charge in [0, 0.05) is 17.8 Å². The van der Waals surface area contributed by atoms with Gasteiger partial charge in [-0.2, -0.15) is 0 Å². The van der Waals surface area contributed by atoms with Crippen molar-refractivity contribution in [3.05, 3.63) is 47.9 Å². The van der Waals surface area contributed by atoms with Crippen LogP contribution in [0.5, 0.6) is 0 Å². The molecular formula is C14H13FN2O2. The molecule has 4 nitrogen and oxygen atoms in total. The lowest BCUT2D eigenvalue weighted by atomic mass is 10.2. The Labute approximate surface area is 110 Å². The standard InChI is InChI=1S/C14H13FN2O2/c15-11-3-1-10(2-4-11)14(18)17(12-5-6-12)13-7-8-16-9-19-13/h1-4,7-9,12-13H,5-6H2. The third-order valence-electron chi connectivity index (χ3n) is 3.14. The van der Waals surface area contributed by atoms with Gasteiger partial charge in [-0.15, -0.1) is 0 Å². The molecule has 1 unspecified atom stereocenters. The maximum Gasteiger partial charge on any atom is 0.257 e. The van der Waals surface area contributed by atoms with Gasteiger partial charge in [-0.05, 0) is 43.2 Å². The summed E-state index contributed by atoms with van der Waals surface area (Å²) >= 11 is 0. The monoisotopic (exact) mass is 260 g/mol. The number of aliphatic imine (C=N–C) groups is 1. The molecule has 19 heavy (non-hydrogen) atoms. The maximum absolute atomic E-state index is 12.9. The maximum atomic E-state index is 12.9. The second kappa shape index (κ2) is 4.84. The molecule has 1 aromatic carbocycles. The van der Waals surface area contributed by atoms with Crippen LogP contribution in [0, 0.1) is 5.82 Å². The molecule has 1 fully saturated rings. The summed E-state index contributed by atoms with van der Waals surface area (Å²) in [5.74, 6) is -0.497. The van der Waals surface area contributed by atoms with E-state index in [0.717, 1.165) is 12.8 Å². The minimum atomic E-state index is -0.428. The summed E-state index contributed by atoms with van der Waals surface area (Å²) in [6, 6.07) is 5.76. The Hall–Kier alpha value is -2.17. The average molecular weight is 260 g/mol. The van der Waals surface area contributed by atoms with E-state index >= 15 is 0 Å². The summed E-state index contributed by atoms with van der Waals surface area (Å²) in [4.78, 5) is 18.0. The first-order chi connectivity index (χ1) is 9.25. The van der Waals surface area contributed by atoms with Crippen LogP contribution in [-0.2, 0) is 4.74 Å². The van der Waals surface area contributed by atoms with Crippen molar-refractivity contribution in [2.75, 3.05) is 0 Å². The van der Waals surface area contributed by atoms with Gasteiger partial charge in [-0.1, -0.05) is 0 Å². The van der Waals surface area contributed by atoms with Crippen LogP contribution >= 0.6 is 0 Å². The number of rotatable bonds is 3. The normalized spacial score (nSPS) is 21.0. The second-order valence-electron chi connectivity index (χ2n) is 4.57. The summed E-state index contributed by atoms with van der Waals surface area (Å²) in [6.07, 6.45) is 6.19. The number of carbonyl (C=O) groups excluding carboxylic acids is 1. The van der Waals surface area contributed by atoms with Gasteiger partial charge in [-0.25, -0.2) is 9.38 Å². The molecule has 1 atom stereocenters. The third kappa shape index (κ3) is 2.50. The summed E-state index contributed by atoms with van der Waals surface area (Å²) in [6.45, 7) is 0. The third-order valence-corrected chi connectivity index (χ3v) is 3.14. The van der Waals surface area contributed by atoms with E-state index < -0.39 is 6.23 Å². The number of amides is 1. The zero-order valence-electron chi connectivity index (χ0n) is 10.2. The molecule has 1 saturated carbocycles. The Morgan fingerprint density at radius 3 is 2.63 bits per heavy atom. The van der Waals surface area contributed by atoms with Crippen LogP contribution in [0.1, 0.15) is 23.2 Å². The molecule has 1 heterocycles. The van der Waals surface area contributed by atoms with E-state index in [9.17, 15) is 9.18 Å². The Morgan fingerprint density at radius 2 is 2.05 bits per heavy atom. The number of nitrogens with zero attached hydrogens (tertiary/aromatic N) is 2. The van der Waals surface area contributed by atoms with E-state index in [1.165, 1.54) is 30.7 Å². The minimum absolute atomic E-state index is 0.146. The smallest absolute Gasteiger partial charge is 0.257 e. The van der Waals surface area contributed by atoms with Crippen molar-refractivity contribution in [2.45, 2.75) is 25.1 Å². The van der Waals surface area contributed by atoms with E-state index in [0.29, 0.717) is 5.56 Å². The van der Waals surface area contributed by atoms with Crippen molar-refractivity contribution in [2.24, 2.45) is 4.99 Å². The van der Waals surface area contributed by atoms with Crippen LogP contribution in [0.2, 0.25) is 0 Å². The van der Waals surface area contributed by atoms with Gasteiger partial charge < -0.3 is 4.74 Å². The highest BCUT2D eigenvalue weighted by molar-refractivity contribution is 5.95. The topological polar surface area (TPSA) is 41.9 Å².